The van der Waals surface area contributed by atoms with Crippen molar-refractivity contribution in [3.8, 4) is 11.5 Å². The molecule has 1 aromatic carbocycles. The molecule has 3 rings (SSSR count). The normalized spacial score (nSPS) is 17.8. The molecule has 1 fully saturated rings. The quantitative estimate of drug-likeness (QED) is 0.786. The number of likely N-dealkylation sites (tertiary alicyclic amines) is 1. The molecule has 7 nitrogen and oxygen atoms in total. The van der Waals surface area contributed by atoms with Gasteiger partial charge in [-0.3, -0.25) is 4.90 Å². The van der Waals surface area contributed by atoms with E-state index in [0.29, 0.717) is 35.2 Å². The van der Waals surface area contributed by atoms with Crippen LogP contribution in [0.15, 0.2) is 12.1 Å². The molecular weight excluding hydrogens is 330 g/mol. The first-order valence-corrected chi connectivity index (χ1v) is 9.19. The molecule has 2 aromatic rings. The highest BCUT2D eigenvalue weighted by atomic mass is 16.5. The Labute approximate surface area is 154 Å². The lowest BCUT2D eigenvalue weighted by molar-refractivity contribution is 0.234. The van der Waals surface area contributed by atoms with E-state index < -0.39 is 0 Å². The van der Waals surface area contributed by atoms with Crippen molar-refractivity contribution in [3.63, 3.8) is 0 Å². The largest absolute Gasteiger partial charge is 0.493 e. The van der Waals surface area contributed by atoms with Gasteiger partial charge < -0.3 is 20.5 Å². The van der Waals surface area contributed by atoms with Crippen LogP contribution in [0.25, 0.3) is 10.9 Å². The predicted octanol–water partition coefficient (Wildman–Crippen LogP) is 2.76. The predicted molar refractivity (Wildman–Crippen MR) is 105 cm³/mol. The number of hydrogen-bond acceptors (Lipinski definition) is 7. The molecule has 142 valence electrons. The lowest BCUT2D eigenvalue weighted by atomic mass is 10.1. The molecule has 0 radical (unpaired) electrons. The van der Waals surface area contributed by atoms with E-state index in [4.69, 9.17) is 15.2 Å². The third-order valence-electron chi connectivity index (χ3n) is 4.83. The Morgan fingerprint density at radius 2 is 1.96 bits per heavy atom. The molecule has 0 saturated carbocycles. The summed E-state index contributed by atoms with van der Waals surface area (Å²) in [5.74, 6) is 2.90. The molecule has 1 aliphatic rings. The Morgan fingerprint density at radius 1 is 1.23 bits per heavy atom. The fraction of sp³-hybridized carbons (Fsp3) is 0.579. The minimum absolute atomic E-state index is 0.434. The van der Waals surface area contributed by atoms with Crippen LogP contribution in [-0.2, 0) is 0 Å². The van der Waals surface area contributed by atoms with Crippen LogP contribution in [0.4, 0.5) is 11.8 Å². The zero-order valence-corrected chi connectivity index (χ0v) is 16.1. The molecule has 3 N–H and O–H groups in total. The number of ether oxygens (including phenoxy) is 2. The number of rotatable bonds is 7. The van der Waals surface area contributed by atoms with E-state index in [1.807, 2.05) is 12.1 Å². The Morgan fingerprint density at radius 3 is 2.65 bits per heavy atom. The summed E-state index contributed by atoms with van der Waals surface area (Å²) in [5.41, 5.74) is 6.89. The number of benzene rings is 1. The van der Waals surface area contributed by atoms with E-state index in [1.165, 1.54) is 19.4 Å². The molecule has 1 aromatic heterocycles. The van der Waals surface area contributed by atoms with Crippen LogP contribution in [0.5, 0.6) is 11.5 Å². The minimum atomic E-state index is 0.434. The number of nitrogens with zero attached hydrogens (tertiary/aromatic N) is 3. The molecule has 2 heterocycles. The molecule has 26 heavy (non-hydrogen) atoms. The third-order valence-corrected chi connectivity index (χ3v) is 4.83. The van der Waals surface area contributed by atoms with Crippen LogP contribution in [-0.4, -0.2) is 54.8 Å². The highest BCUT2D eigenvalue weighted by molar-refractivity contribution is 5.91. The van der Waals surface area contributed by atoms with Crippen molar-refractivity contribution in [3.05, 3.63) is 12.1 Å². The number of hydrogen-bond donors (Lipinski definition) is 2. The third kappa shape index (κ3) is 3.93. The topological polar surface area (TPSA) is 85.5 Å². The van der Waals surface area contributed by atoms with Crippen LogP contribution in [0.3, 0.4) is 0 Å². The van der Waals surface area contributed by atoms with Gasteiger partial charge in [-0.05, 0) is 31.4 Å². The molecule has 0 bridgehead atoms. The van der Waals surface area contributed by atoms with Crippen LogP contribution in [0.1, 0.15) is 26.7 Å². The van der Waals surface area contributed by atoms with Gasteiger partial charge in [0, 0.05) is 30.6 Å². The molecular formula is C19H29N5O2. The van der Waals surface area contributed by atoms with Crippen LogP contribution < -0.4 is 20.5 Å². The second-order valence-corrected chi connectivity index (χ2v) is 7.22. The van der Waals surface area contributed by atoms with Crippen LogP contribution in [0, 0.1) is 5.92 Å². The lowest BCUT2D eigenvalue weighted by Crippen LogP contribution is -2.37. The maximum atomic E-state index is 6.15. The second kappa shape index (κ2) is 7.95. The molecule has 0 unspecified atom stereocenters. The molecule has 0 amide bonds. The van der Waals surface area contributed by atoms with Crippen LogP contribution in [0.2, 0.25) is 0 Å². The molecule has 0 spiro atoms. The number of fused-ring (bicyclic) bond motifs is 1. The fourth-order valence-corrected chi connectivity index (χ4v) is 3.60. The van der Waals surface area contributed by atoms with Gasteiger partial charge in [0.25, 0.3) is 0 Å². The number of nitrogen functional groups attached to an aromatic ring is 1. The van der Waals surface area contributed by atoms with E-state index in [9.17, 15) is 0 Å². The number of nitrogens with one attached hydrogen (secondary N) is 1. The summed E-state index contributed by atoms with van der Waals surface area (Å²) in [6.07, 6.45) is 2.45. The van der Waals surface area contributed by atoms with Gasteiger partial charge in [0.15, 0.2) is 11.5 Å². The van der Waals surface area contributed by atoms with Gasteiger partial charge in [0.05, 0.1) is 19.7 Å². The first-order chi connectivity index (χ1) is 12.5. The van der Waals surface area contributed by atoms with E-state index in [-0.39, 0.29) is 0 Å². The van der Waals surface area contributed by atoms with E-state index in [2.05, 4.69) is 34.0 Å². The highest BCUT2D eigenvalue weighted by Crippen LogP contribution is 2.33. The summed E-state index contributed by atoms with van der Waals surface area (Å²) in [7, 11) is 3.21. The van der Waals surface area contributed by atoms with E-state index in [1.54, 1.807) is 14.2 Å². The van der Waals surface area contributed by atoms with Crippen molar-refractivity contribution in [1.29, 1.82) is 0 Å². The zero-order valence-electron chi connectivity index (χ0n) is 16.1. The summed E-state index contributed by atoms with van der Waals surface area (Å²) in [4.78, 5) is 11.6. The first-order valence-electron chi connectivity index (χ1n) is 9.19. The lowest BCUT2D eigenvalue weighted by Gasteiger charge is -2.26. The first kappa shape index (κ1) is 18.5. The molecule has 1 saturated heterocycles. The average Bonchev–Trinajstić information content (AvgIpc) is 3.05. The molecule has 7 heteroatoms. The van der Waals surface area contributed by atoms with E-state index >= 15 is 0 Å². The van der Waals surface area contributed by atoms with Gasteiger partial charge in [-0.2, -0.15) is 4.98 Å². The number of aromatic nitrogens is 2. The van der Waals surface area contributed by atoms with Gasteiger partial charge >= 0.3 is 0 Å². The number of anilines is 2. The van der Waals surface area contributed by atoms with Gasteiger partial charge in [-0.25, -0.2) is 4.98 Å². The summed E-state index contributed by atoms with van der Waals surface area (Å²) in [6.45, 7) is 7.65. The summed E-state index contributed by atoms with van der Waals surface area (Å²) in [5, 5.41) is 4.13. The molecule has 0 aliphatic carbocycles. The van der Waals surface area contributed by atoms with Crippen molar-refractivity contribution >= 4 is 22.7 Å². The Balaban J connectivity index is 1.78. The Bertz CT molecular complexity index is 765. The highest BCUT2D eigenvalue weighted by Gasteiger charge is 2.25. The van der Waals surface area contributed by atoms with Crippen LogP contribution >= 0.6 is 0 Å². The van der Waals surface area contributed by atoms with Crippen molar-refractivity contribution < 1.29 is 9.47 Å². The van der Waals surface area contributed by atoms with E-state index in [0.717, 1.165) is 24.0 Å². The summed E-state index contributed by atoms with van der Waals surface area (Å²) >= 11 is 0. The van der Waals surface area contributed by atoms with Gasteiger partial charge in [0.2, 0.25) is 5.95 Å². The van der Waals surface area contributed by atoms with Crippen molar-refractivity contribution in [1.82, 2.24) is 14.9 Å². The average molecular weight is 359 g/mol. The zero-order chi connectivity index (χ0) is 18.7. The van der Waals surface area contributed by atoms with Crippen molar-refractivity contribution in [2.24, 2.45) is 5.92 Å². The molecule has 1 atom stereocenters. The molecule has 1 aliphatic heterocycles. The fourth-order valence-electron chi connectivity index (χ4n) is 3.60. The SMILES string of the molecule is COc1cc2nc(NC[C@H]3CCCN3CC(C)C)nc(N)c2cc1OC. The van der Waals surface area contributed by atoms with Crippen molar-refractivity contribution in [2.45, 2.75) is 32.7 Å². The summed E-state index contributed by atoms with van der Waals surface area (Å²) < 4.78 is 10.7. The van der Waals surface area contributed by atoms with Gasteiger partial charge in [-0.15, -0.1) is 0 Å². The second-order valence-electron chi connectivity index (χ2n) is 7.22. The summed E-state index contributed by atoms with van der Waals surface area (Å²) in [6, 6.07) is 4.16. The Hall–Kier alpha value is -2.28. The Kier molecular flexibility index (Phi) is 5.66. The number of nitrogens with two attached hydrogens (primary N) is 1. The smallest absolute Gasteiger partial charge is 0.225 e. The maximum Gasteiger partial charge on any atom is 0.225 e. The number of methoxy groups -OCH3 is 2. The van der Waals surface area contributed by atoms with Gasteiger partial charge in [-0.1, -0.05) is 13.8 Å². The minimum Gasteiger partial charge on any atom is -0.493 e. The van der Waals surface area contributed by atoms with Crippen molar-refractivity contribution in [2.75, 3.05) is 44.9 Å². The van der Waals surface area contributed by atoms with Gasteiger partial charge in [0.1, 0.15) is 5.82 Å². The maximum absolute atomic E-state index is 6.15. The standard InChI is InChI=1S/C19H29N5O2/c1-12(2)11-24-7-5-6-13(24)10-21-19-22-15-9-17(26-4)16(25-3)8-14(15)18(20)23-19/h8-9,12-13H,5-7,10-11H2,1-4H3,(H3,20,21,22,23)/t13-/m1/s1. The monoisotopic (exact) mass is 359 g/mol.